The molecule has 0 aromatic rings. The fourth-order valence-electron chi connectivity index (χ4n) is 0.562. The average molecular weight is 144 g/mol. The SMILES string of the molecule is CC=CCCOCCOC. The van der Waals surface area contributed by atoms with E-state index in [0.717, 1.165) is 13.0 Å². The Labute approximate surface area is 62.8 Å². The molecular formula is C8H16O2. The average Bonchev–Trinajstić information content (AvgIpc) is 1.97. The zero-order valence-corrected chi connectivity index (χ0v) is 6.80. The van der Waals surface area contributed by atoms with Crippen LogP contribution in [-0.4, -0.2) is 26.9 Å². The van der Waals surface area contributed by atoms with Gasteiger partial charge in [0.05, 0.1) is 19.8 Å². The molecule has 0 fully saturated rings. The topological polar surface area (TPSA) is 18.5 Å². The lowest BCUT2D eigenvalue weighted by Crippen LogP contribution is -2.01. The van der Waals surface area contributed by atoms with E-state index in [0.29, 0.717) is 13.2 Å². The standard InChI is InChI=1S/C8H16O2/c1-3-4-5-6-10-8-7-9-2/h3-4H,5-8H2,1-2H3. The Morgan fingerprint density at radius 1 is 1.20 bits per heavy atom. The third-order valence-corrected chi connectivity index (χ3v) is 1.10. The molecule has 0 atom stereocenters. The Hall–Kier alpha value is -0.340. The summed E-state index contributed by atoms with van der Waals surface area (Å²) in [6.07, 6.45) is 5.12. The van der Waals surface area contributed by atoms with Gasteiger partial charge in [0, 0.05) is 7.11 Å². The second kappa shape index (κ2) is 8.66. The monoisotopic (exact) mass is 144 g/mol. The number of allylic oxidation sites excluding steroid dienone is 1. The van der Waals surface area contributed by atoms with E-state index in [1.54, 1.807) is 7.11 Å². The molecule has 0 bridgehead atoms. The van der Waals surface area contributed by atoms with E-state index in [9.17, 15) is 0 Å². The molecule has 0 aliphatic heterocycles. The number of methoxy groups -OCH3 is 1. The minimum atomic E-state index is 0.690. The third-order valence-electron chi connectivity index (χ3n) is 1.10. The van der Waals surface area contributed by atoms with Gasteiger partial charge in [-0.2, -0.15) is 0 Å². The van der Waals surface area contributed by atoms with Gasteiger partial charge < -0.3 is 9.47 Å². The van der Waals surface area contributed by atoms with E-state index >= 15 is 0 Å². The maximum atomic E-state index is 5.20. The predicted octanol–water partition coefficient (Wildman–Crippen LogP) is 1.62. The van der Waals surface area contributed by atoms with Crippen molar-refractivity contribution in [3.05, 3.63) is 12.2 Å². The van der Waals surface area contributed by atoms with E-state index in [1.807, 2.05) is 13.0 Å². The van der Waals surface area contributed by atoms with E-state index in [-0.39, 0.29) is 0 Å². The molecule has 0 saturated heterocycles. The van der Waals surface area contributed by atoms with Crippen LogP contribution in [-0.2, 0) is 9.47 Å². The van der Waals surface area contributed by atoms with Crippen LogP contribution >= 0.6 is 0 Å². The summed E-state index contributed by atoms with van der Waals surface area (Å²) in [6.45, 7) is 4.20. The molecule has 2 nitrogen and oxygen atoms in total. The molecule has 0 saturated carbocycles. The van der Waals surface area contributed by atoms with Crippen LogP contribution in [0.5, 0.6) is 0 Å². The summed E-state index contributed by atoms with van der Waals surface area (Å²) in [7, 11) is 1.68. The van der Waals surface area contributed by atoms with Gasteiger partial charge in [-0.1, -0.05) is 12.2 Å². The zero-order valence-electron chi connectivity index (χ0n) is 6.80. The highest BCUT2D eigenvalue weighted by molar-refractivity contribution is 4.75. The Bertz CT molecular complexity index is 79.3. The van der Waals surface area contributed by atoms with Crippen molar-refractivity contribution in [1.29, 1.82) is 0 Å². The van der Waals surface area contributed by atoms with Crippen molar-refractivity contribution in [2.75, 3.05) is 26.9 Å². The Morgan fingerprint density at radius 2 is 2.00 bits per heavy atom. The summed E-state index contributed by atoms with van der Waals surface area (Å²) >= 11 is 0. The van der Waals surface area contributed by atoms with Crippen LogP contribution in [0.4, 0.5) is 0 Å². The van der Waals surface area contributed by atoms with Gasteiger partial charge in [-0.3, -0.25) is 0 Å². The van der Waals surface area contributed by atoms with E-state index in [1.165, 1.54) is 0 Å². The van der Waals surface area contributed by atoms with Crippen molar-refractivity contribution >= 4 is 0 Å². The van der Waals surface area contributed by atoms with Crippen molar-refractivity contribution < 1.29 is 9.47 Å². The Balaban J connectivity index is 2.77. The number of hydrogen-bond donors (Lipinski definition) is 0. The smallest absolute Gasteiger partial charge is 0.0700 e. The molecular weight excluding hydrogens is 128 g/mol. The maximum Gasteiger partial charge on any atom is 0.0700 e. The zero-order chi connectivity index (χ0) is 7.66. The first kappa shape index (κ1) is 9.66. The highest BCUT2D eigenvalue weighted by Gasteiger charge is 1.83. The molecule has 2 heteroatoms. The Kier molecular flexibility index (Phi) is 8.37. The molecule has 0 aromatic carbocycles. The lowest BCUT2D eigenvalue weighted by Gasteiger charge is -1.99. The molecule has 0 spiro atoms. The summed E-state index contributed by atoms with van der Waals surface area (Å²) in [5.41, 5.74) is 0. The van der Waals surface area contributed by atoms with Gasteiger partial charge in [0.2, 0.25) is 0 Å². The molecule has 0 aliphatic carbocycles. The second-order valence-electron chi connectivity index (χ2n) is 1.96. The van der Waals surface area contributed by atoms with Crippen molar-refractivity contribution in [2.24, 2.45) is 0 Å². The highest BCUT2D eigenvalue weighted by Crippen LogP contribution is 1.84. The van der Waals surface area contributed by atoms with Crippen molar-refractivity contribution in [3.8, 4) is 0 Å². The van der Waals surface area contributed by atoms with Crippen LogP contribution in [0.1, 0.15) is 13.3 Å². The molecule has 0 aliphatic rings. The first-order valence-electron chi connectivity index (χ1n) is 3.59. The van der Waals surface area contributed by atoms with Gasteiger partial charge >= 0.3 is 0 Å². The predicted molar refractivity (Wildman–Crippen MR) is 42.1 cm³/mol. The molecule has 0 unspecified atom stereocenters. The minimum Gasteiger partial charge on any atom is -0.382 e. The molecule has 0 heterocycles. The highest BCUT2D eigenvalue weighted by atomic mass is 16.5. The summed E-state index contributed by atoms with van der Waals surface area (Å²) in [5, 5.41) is 0. The summed E-state index contributed by atoms with van der Waals surface area (Å²) in [4.78, 5) is 0. The molecule has 0 radical (unpaired) electrons. The van der Waals surface area contributed by atoms with Crippen LogP contribution in [0.3, 0.4) is 0 Å². The van der Waals surface area contributed by atoms with E-state index in [4.69, 9.17) is 9.47 Å². The van der Waals surface area contributed by atoms with Crippen LogP contribution in [0.15, 0.2) is 12.2 Å². The molecule has 0 aromatic heterocycles. The second-order valence-corrected chi connectivity index (χ2v) is 1.96. The molecule has 0 amide bonds. The van der Waals surface area contributed by atoms with Crippen LogP contribution < -0.4 is 0 Å². The van der Waals surface area contributed by atoms with Crippen LogP contribution in [0.25, 0.3) is 0 Å². The van der Waals surface area contributed by atoms with E-state index < -0.39 is 0 Å². The quantitative estimate of drug-likeness (QED) is 0.416. The molecule has 10 heavy (non-hydrogen) atoms. The van der Waals surface area contributed by atoms with Crippen LogP contribution in [0.2, 0.25) is 0 Å². The number of rotatable bonds is 6. The maximum absolute atomic E-state index is 5.20. The van der Waals surface area contributed by atoms with Gasteiger partial charge in [0.1, 0.15) is 0 Å². The lowest BCUT2D eigenvalue weighted by molar-refractivity contribution is 0.0730. The first-order chi connectivity index (χ1) is 4.91. The fourth-order valence-corrected chi connectivity index (χ4v) is 0.562. The summed E-state index contributed by atoms with van der Waals surface area (Å²) < 4.78 is 10.0. The largest absolute Gasteiger partial charge is 0.382 e. The van der Waals surface area contributed by atoms with Gasteiger partial charge in [-0.15, -0.1) is 0 Å². The van der Waals surface area contributed by atoms with Crippen LogP contribution in [0, 0.1) is 0 Å². The third kappa shape index (κ3) is 7.66. The van der Waals surface area contributed by atoms with E-state index in [2.05, 4.69) is 6.08 Å². The van der Waals surface area contributed by atoms with Gasteiger partial charge in [0.15, 0.2) is 0 Å². The van der Waals surface area contributed by atoms with Gasteiger partial charge in [-0.25, -0.2) is 0 Å². The fraction of sp³-hybridized carbons (Fsp3) is 0.750. The first-order valence-corrected chi connectivity index (χ1v) is 3.59. The lowest BCUT2D eigenvalue weighted by atomic mass is 10.4. The summed E-state index contributed by atoms with van der Waals surface area (Å²) in [6, 6.07) is 0. The van der Waals surface area contributed by atoms with Crippen molar-refractivity contribution in [1.82, 2.24) is 0 Å². The number of hydrogen-bond acceptors (Lipinski definition) is 2. The Morgan fingerprint density at radius 3 is 2.60 bits per heavy atom. The van der Waals surface area contributed by atoms with Crippen molar-refractivity contribution in [2.45, 2.75) is 13.3 Å². The molecule has 0 N–H and O–H groups in total. The van der Waals surface area contributed by atoms with Gasteiger partial charge in [-0.05, 0) is 13.3 Å². The summed E-state index contributed by atoms with van der Waals surface area (Å²) in [5.74, 6) is 0. The van der Waals surface area contributed by atoms with Gasteiger partial charge in [0.25, 0.3) is 0 Å². The normalized spacial score (nSPS) is 11.0. The number of ether oxygens (including phenoxy) is 2. The molecule has 0 rings (SSSR count). The van der Waals surface area contributed by atoms with Crippen molar-refractivity contribution in [3.63, 3.8) is 0 Å². The minimum absolute atomic E-state index is 0.690. The molecule has 60 valence electrons.